The van der Waals surface area contributed by atoms with Crippen LogP contribution in [0.5, 0.6) is 0 Å². The van der Waals surface area contributed by atoms with Crippen LogP contribution in [-0.4, -0.2) is 59.7 Å². The van der Waals surface area contributed by atoms with E-state index in [-0.39, 0.29) is 29.3 Å². The topological polar surface area (TPSA) is 142 Å². The van der Waals surface area contributed by atoms with Crippen LogP contribution in [0.25, 0.3) is 16.8 Å². The van der Waals surface area contributed by atoms with Gasteiger partial charge in [0.05, 0.1) is 52.6 Å². The quantitative estimate of drug-likeness (QED) is 0.410. The van der Waals surface area contributed by atoms with Gasteiger partial charge in [0, 0.05) is 43.1 Å². The summed E-state index contributed by atoms with van der Waals surface area (Å²) in [6.07, 6.45) is -1.68. The number of nitrogens with two attached hydrogens (primary N) is 1. The highest BCUT2D eigenvalue weighted by atomic mass is 32.2. The molecule has 1 aliphatic carbocycles. The number of carbonyl (C=O) groups is 1. The molecule has 9 nitrogen and oxygen atoms in total. The molecule has 2 aromatic carbocycles. The first-order chi connectivity index (χ1) is 20.3. The molecule has 1 aromatic heterocycles. The Morgan fingerprint density at radius 2 is 1.74 bits per heavy atom. The van der Waals surface area contributed by atoms with E-state index in [9.17, 15) is 36.8 Å². The average molecular weight is 616 g/mol. The molecule has 1 aliphatic heterocycles. The van der Waals surface area contributed by atoms with Gasteiger partial charge in [0.25, 0.3) is 0 Å². The molecule has 0 spiro atoms. The number of benzene rings is 2. The van der Waals surface area contributed by atoms with Gasteiger partial charge in [-0.3, -0.25) is 4.79 Å². The van der Waals surface area contributed by atoms with Crippen LogP contribution in [0.1, 0.15) is 43.5 Å². The van der Waals surface area contributed by atoms with Crippen molar-refractivity contribution in [3.05, 3.63) is 65.7 Å². The van der Waals surface area contributed by atoms with Crippen LogP contribution in [0.15, 0.2) is 48.5 Å². The number of carbonyl (C=O) groups excluding carboxylic acids is 1. The van der Waals surface area contributed by atoms with Gasteiger partial charge in [-0.15, -0.1) is 0 Å². The van der Waals surface area contributed by atoms with Crippen molar-refractivity contribution in [3.8, 4) is 22.9 Å². The molecule has 5 rings (SSSR count). The van der Waals surface area contributed by atoms with Crippen molar-refractivity contribution >= 4 is 21.4 Å². The SMILES string of the molecule is C[C@H](C#N)C1(C(N)=O)CC(F)(F)CCC1c1nn(-c2ccc(F)cc2)c(CO)c1-c1ccc(N2CCS(=O)(=O)CC2)cc1. The lowest BCUT2D eigenvalue weighted by atomic mass is 9.57. The standard InChI is InChI=1S/C30H32F3N5O4S/c1-19(16-34)30(28(35)40)18-29(32,33)11-10-24(30)27-26(25(17-39)38(36-27)23-8-4-21(31)5-9-23)20-2-6-22(7-3-20)37-12-14-43(41,42)15-13-37/h2-9,19,24,39H,10-15,17-18H2,1H3,(H2,35,40)/t19-,24?,30?/m1/s1. The minimum Gasteiger partial charge on any atom is -0.390 e. The number of nitrogens with zero attached hydrogens (tertiary/aromatic N) is 4. The lowest BCUT2D eigenvalue weighted by Gasteiger charge is -2.45. The fraction of sp³-hybridized carbons (Fsp3) is 0.433. The van der Waals surface area contributed by atoms with Gasteiger partial charge in [-0.05, 0) is 55.3 Å². The number of primary amides is 1. The molecule has 2 unspecified atom stereocenters. The zero-order chi connectivity index (χ0) is 31.2. The molecule has 3 aromatic rings. The summed E-state index contributed by atoms with van der Waals surface area (Å²) in [7, 11) is -3.08. The molecule has 1 saturated heterocycles. The second kappa shape index (κ2) is 11.3. The Labute approximate surface area is 247 Å². The zero-order valence-corrected chi connectivity index (χ0v) is 24.3. The van der Waals surface area contributed by atoms with Gasteiger partial charge >= 0.3 is 0 Å². The molecule has 228 valence electrons. The number of aliphatic hydroxyl groups is 1. The Morgan fingerprint density at radius 3 is 2.30 bits per heavy atom. The van der Waals surface area contributed by atoms with Crippen LogP contribution in [0, 0.1) is 28.5 Å². The predicted octanol–water partition coefficient (Wildman–Crippen LogP) is 3.94. The highest BCUT2D eigenvalue weighted by Crippen LogP contribution is 2.57. The van der Waals surface area contributed by atoms with E-state index in [4.69, 9.17) is 10.8 Å². The number of hydrogen-bond acceptors (Lipinski definition) is 7. The van der Waals surface area contributed by atoms with Crippen molar-refractivity contribution in [1.82, 2.24) is 9.78 Å². The van der Waals surface area contributed by atoms with Gasteiger partial charge in [0.1, 0.15) is 5.82 Å². The first kappa shape index (κ1) is 30.6. The normalized spacial score (nSPS) is 23.8. The van der Waals surface area contributed by atoms with Crippen LogP contribution in [0.3, 0.4) is 0 Å². The van der Waals surface area contributed by atoms with Gasteiger partial charge < -0.3 is 15.7 Å². The van der Waals surface area contributed by atoms with E-state index in [0.29, 0.717) is 29.9 Å². The van der Waals surface area contributed by atoms with E-state index in [0.717, 1.165) is 5.69 Å². The molecule has 2 aliphatic rings. The summed E-state index contributed by atoms with van der Waals surface area (Å²) in [5.74, 6) is -6.86. The number of rotatable bonds is 7. The van der Waals surface area contributed by atoms with E-state index < -0.39 is 64.2 Å². The Bertz CT molecular complexity index is 1660. The van der Waals surface area contributed by atoms with Gasteiger partial charge in [-0.2, -0.15) is 10.4 Å². The number of halogens is 3. The molecular weight excluding hydrogens is 583 g/mol. The number of aliphatic hydroxyl groups excluding tert-OH is 1. The average Bonchev–Trinajstić information content (AvgIpc) is 3.35. The second-order valence-electron chi connectivity index (χ2n) is 11.3. The maximum atomic E-state index is 14.9. The summed E-state index contributed by atoms with van der Waals surface area (Å²) in [5, 5.41) is 25.2. The summed E-state index contributed by atoms with van der Waals surface area (Å²) < 4.78 is 68.8. The summed E-state index contributed by atoms with van der Waals surface area (Å²) in [6, 6.07) is 14.4. The summed E-state index contributed by atoms with van der Waals surface area (Å²) in [4.78, 5) is 15.0. The van der Waals surface area contributed by atoms with Gasteiger partial charge in [0.2, 0.25) is 11.8 Å². The van der Waals surface area contributed by atoms with Crippen LogP contribution in [-0.2, 0) is 21.2 Å². The summed E-state index contributed by atoms with van der Waals surface area (Å²) >= 11 is 0. The van der Waals surface area contributed by atoms with Crippen molar-refractivity contribution in [3.63, 3.8) is 0 Å². The number of amides is 1. The molecule has 1 saturated carbocycles. The van der Waals surface area contributed by atoms with Crippen LogP contribution in [0.4, 0.5) is 18.9 Å². The van der Waals surface area contributed by atoms with Crippen LogP contribution < -0.4 is 10.6 Å². The molecule has 43 heavy (non-hydrogen) atoms. The summed E-state index contributed by atoms with van der Waals surface area (Å²) in [6.45, 7) is 1.53. The number of nitriles is 1. The molecule has 1 amide bonds. The van der Waals surface area contributed by atoms with E-state index in [1.807, 2.05) is 11.0 Å². The maximum Gasteiger partial charge on any atom is 0.249 e. The molecule has 0 radical (unpaired) electrons. The Kier molecular flexibility index (Phi) is 8.04. The molecule has 0 bridgehead atoms. The highest BCUT2D eigenvalue weighted by Gasteiger charge is 2.59. The van der Waals surface area contributed by atoms with E-state index in [1.54, 1.807) is 24.3 Å². The fourth-order valence-electron chi connectivity index (χ4n) is 6.46. The smallest absolute Gasteiger partial charge is 0.249 e. The fourth-order valence-corrected chi connectivity index (χ4v) is 7.66. The molecule has 3 atom stereocenters. The first-order valence-electron chi connectivity index (χ1n) is 13.9. The van der Waals surface area contributed by atoms with Crippen molar-refractivity contribution in [1.29, 1.82) is 5.26 Å². The maximum absolute atomic E-state index is 14.9. The largest absolute Gasteiger partial charge is 0.390 e. The lowest BCUT2D eigenvalue weighted by molar-refractivity contribution is -0.149. The number of alkyl halides is 2. The second-order valence-corrected chi connectivity index (χ2v) is 13.6. The van der Waals surface area contributed by atoms with Gasteiger partial charge in [-0.25, -0.2) is 26.3 Å². The molecule has 13 heteroatoms. The highest BCUT2D eigenvalue weighted by molar-refractivity contribution is 7.91. The number of aromatic nitrogens is 2. The summed E-state index contributed by atoms with van der Waals surface area (Å²) in [5.41, 5.74) is 6.51. The molecule has 2 fully saturated rings. The number of anilines is 1. The lowest BCUT2D eigenvalue weighted by Crippen LogP contribution is -2.53. The van der Waals surface area contributed by atoms with E-state index in [1.165, 1.54) is 35.9 Å². The van der Waals surface area contributed by atoms with E-state index in [2.05, 4.69) is 0 Å². The number of hydrogen-bond donors (Lipinski definition) is 2. The first-order valence-corrected chi connectivity index (χ1v) is 15.8. The third-order valence-electron chi connectivity index (χ3n) is 8.82. The van der Waals surface area contributed by atoms with Gasteiger partial charge in [0.15, 0.2) is 9.84 Å². The monoisotopic (exact) mass is 615 g/mol. The van der Waals surface area contributed by atoms with Crippen molar-refractivity contribution in [2.24, 2.45) is 17.1 Å². The molecule has 2 heterocycles. The predicted molar refractivity (Wildman–Crippen MR) is 154 cm³/mol. The third kappa shape index (κ3) is 5.61. The van der Waals surface area contributed by atoms with Crippen molar-refractivity contribution in [2.75, 3.05) is 29.5 Å². The molecular formula is C30H32F3N5O4S. The van der Waals surface area contributed by atoms with Crippen molar-refractivity contribution < 1.29 is 31.5 Å². The Balaban J connectivity index is 1.69. The number of sulfone groups is 1. The van der Waals surface area contributed by atoms with Crippen molar-refractivity contribution in [2.45, 2.75) is 44.6 Å². The van der Waals surface area contributed by atoms with E-state index >= 15 is 0 Å². The third-order valence-corrected chi connectivity index (χ3v) is 10.4. The minimum absolute atomic E-state index is 0.0383. The zero-order valence-electron chi connectivity index (χ0n) is 23.5. The Morgan fingerprint density at radius 1 is 1.14 bits per heavy atom. The Hall–Kier alpha value is -3.89. The van der Waals surface area contributed by atoms with Crippen LogP contribution in [0.2, 0.25) is 0 Å². The van der Waals surface area contributed by atoms with Crippen LogP contribution >= 0.6 is 0 Å². The van der Waals surface area contributed by atoms with Gasteiger partial charge in [-0.1, -0.05) is 12.1 Å². The molecule has 3 N–H and O–H groups in total. The minimum atomic E-state index is -3.24.